The number of benzene rings is 1. The molecule has 0 saturated heterocycles. The summed E-state index contributed by atoms with van der Waals surface area (Å²) in [7, 11) is 0. The smallest absolute Gasteiger partial charge is 0.342 e. The first kappa shape index (κ1) is 13.7. The third-order valence-corrected chi connectivity index (χ3v) is 2.50. The van der Waals surface area contributed by atoms with Crippen molar-refractivity contribution >= 4 is 11.0 Å². The van der Waals surface area contributed by atoms with Crippen molar-refractivity contribution < 1.29 is 26.3 Å². The van der Waals surface area contributed by atoms with E-state index in [1.165, 1.54) is 0 Å². The molecular formula is C11H8F6N2. The molecule has 1 N–H and O–H groups in total. The van der Waals surface area contributed by atoms with Gasteiger partial charge >= 0.3 is 12.4 Å². The number of hydrogen-bond donors (Lipinski definition) is 1. The summed E-state index contributed by atoms with van der Waals surface area (Å²) in [4.78, 5) is 6.29. The van der Waals surface area contributed by atoms with Crippen LogP contribution in [0, 0.1) is 0 Å². The van der Waals surface area contributed by atoms with Crippen molar-refractivity contribution in [2.75, 3.05) is 0 Å². The molecule has 0 atom stereocenters. The largest absolute Gasteiger partial charge is 0.416 e. The van der Waals surface area contributed by atoms with Crippen LogP contribution in [0.1, 0.15) is 17.8 Å². The van der Waals surface area contributed by atoms with Crippen molar-refractivity contribution in [3.8, 4) is 0 Å². The third kappa shape index (κ3) is 3.39. The highest BCUT2D eigenvalue weighted by Gasteiger charge is 2.31. The molecule has 0 bridgehead atoms. The van der Waals surface area contributed by atoms with Crippen molar-refractivity contribution in [2.24, 2.45) is 0 Å². The lowest BCUT2D eigenvalue weighted by Crippen LogP contribution is -2.09. The number of H-pyrrole nitrogens is 1. The van der Waals surface area contributed by atoms with Crippen molar-refractivity contribution in [2.45, 2.75) is 25.2 Å². The van der Waals surface area contributed by atoms with Crippen LogP contribution in [0.3, 0.4) is 0 Å². The first-order valence-corrected chi connectivity index (χ1v) is 5.28. The normalized spacial score (nSPS) is 13.2. The molecule has 0 spiro atoms. The van der Waals surface area contributed by atoms with Crippen LogP contribution in [0.5, 0.6) is 0 Å². The van der Waals surface area contributed by atoms with E-state index in [0.29, 0.717) is 0 Å². The molecule has 1 heterocycles. The number of aryl methyl sites for hydroxylation is 1. The van der Waals surface area contributed by atoms with Crippen molar-refractivity contribution in [3.63, 3.8) is 0 Å². The maximum Gasteiger partial charge on any atom is 0.416 e. The molecule has 0 aliphatic carbocycles. The summed E-state index contributed by atoms with van der Waals surface area (Å²) in [6.45, 7) is 0. The van der Waals surface area contributed by atoms with E-state index in [2.05, 4.69) is 9.97 Å². The quantitative estimate of drug-likeness (QED) is 0.826. The van der Waals surface area contributed by atoms with Gasteiger partial charge in [0.2, 0.25) is 0 Å². The molecule has 0 unspecified atom stereocenters. The van der Waals surface area contributed by atoms with E-state index in [0.717, 1.165) is 18.2 Å². The fourth-order valence-corrected chi connectivity index (χ4v) is 1.62. The number of rotatable bonds is 2. The van der Waals surface area contributed by atoms with Gasteiger partial charge in [-0.15, -0.1) is 0 Å². The minimum Gasteiger partial charge on any atom is -0.342 e. The van der Waals surface area contributed by atoms with E-state index in [9.17, 15) is 26.3 Å². The maximum atomic E-state index is 12.4. The number of aromatic nitrogens is 2. The molecule has 1 aromatic carbocycles. The molecule has 2 nitrogen and oxygen atoms in total. The summed E-state index contributed by atoms with van der Waals surface area (Å²) >= 11 is 0. The van der Waals surface area contributed by atoms with Gasteiger partial charge in [-0.25, -0.2) is 4.98 Å². The molecular weight excluding hydrogens is 274 g/mol. The van der Waals surface area contributed by atoms with Gasteiger partial charge in [-0.2, -0.15) is 26.3 Å². The highest BCUT2D eigenvalue weighted by molar-refractivity contribution is 5.76. The van der Waals surface area contributed by atoms with E-state index in [1.54, 1.807) is 0 Å². The van der Waals surface area contributed by atoms with Gasteiger partial charge in [0.1, 0.15) is 5.82 Å². The lowest BCUT2D eigenvalue weighted by atomic mass is 10.2. The van der Waals surface area contributed by atoms with Crippen molar-refractivity contribution in [3.05, 3.63) is 29.6 Å². The third-order valence-electron chi connectivity index (χ3n) is 2.50. The second kappa shape index (κ2) is 4.43. The van der Waals surface area contributed by atoms with Gasteiger partial charge in [0, 0.05) is 6.42 Å². The van der Waals surface area contributed by atoms with Crippen LogP contribution in [-0.4, -0.2) is 16.1 Å². The summed E-state index contributed by atoms with van der Waals surface area (Å²) < 4.78 is 73.4. The van der Waals surface area contributed by atoms with Crippen molar-refractivity contribution in [1.29, 1.82) is 0 Å². The Bertz CT molecular complexity index is 581. The highest BCUT2D eigenvalue weighted by Crippen LogP contribution is 2.31. The minimum absolute atomic E-state index is 0.0200. The zero-order valence-corrected chi connectivity index (χ0v) is 9.36. The predicted molar refractivity (Wildman–Crippen MR) is 55.5 cm³/mol. The van der Waals surface area contributed by atoms with Crippen LogP contribution in [-0.2, 0) is 12.6 Å². The fourth-order valence-electron chi connectivity index (χ4n) is 1.62. The number of nitrogens with zero attached hydrogens (tertiary/aromatic N) is 1. The van der Waals surface area contributed by atoms with Crippen LogP contribution >= 0.6 is 0 Å². The van der Waals surface area contributed by atoms with Gasteiger partial charge in [0.15, 0.2) is 0 Å². The molecule has 0 radical (unpaired) electrons. The standard InChI is InChI=1S/C11H8F6N2/c12-10(13,14)4-3-9-18-7-2-1-6(11(15,16)17)5-8(7)19-9/h1-2,5H,3-4H2,(H,18,19). The Hall–Kier alpha value is -1.73. The van der Waals surface area contributed by atoms with E-state index >= 15 is 0 Å². The Morgan fingerprint density at radius 1 is 1.05 bits per heavy atom. The van der Waals surface area contributed by atoms with Crippen LogP contribution in [0.4, 0.5) is 26.3 Å². The van der Waals surface area contributed by atoms with Crippen LogP contribution in [0.25, 0.3) is 11.0 Å². The molecule has 8 heteroatoms. The molecule has 0 saturated carbocycles. The van der Waals surface area contributed by atoms with Crippen LogP contribution in [0.15, 0.2) is 18.2 Å². The minimum atomic E-state index is -4.49. The Labute approximate surface area is 103 Å². The Balaban J connectivity index is 2.26. The topological polar surface area (TPSA) is 28.7 Å². The van der Waals surface area contributed by atoms with E-state index in [4.69, 9.17) is 0 Å². The number of hydrogen-bond acceptors (Lipinski definition) is 1. The lowest BCUT2D eigenvalue weighted by molar-refractivity contribution is -0.137. The molecule has 2 aromatic rings. The Morgan fingerprint density at radius 3 is 2.32 bits per heavy atom. The number of halogens is 6. The summed E-state index contributed by atoms with van der Waals surface area (Å²) in [6.07, 6.45) is -10.3. The second-order valence-electron chi connectivity index (χ2n) is 4.03. The molecule has 104 valence electrons. The zero-order chi connectivity index (χ0) is 14.3. The first-order valence-electron chi connectivity index (χ1n) is 5.28. The SMILES string of the molecule is FC(F)(F)CCc1nc2ccc(C(F)(F)F)cc2[nH]1. The fraction of sp³-hybridized carbons (Fsp3) is 0.364. The summed E-state index contributed by atoms with van der Waals surface area (Å²) in [5.41, 5.74) is -0.580. The van der Waals surface area contributed by atoms with Gasteiger partial charge in [0.05, 0.1) is 23.0 Å². The monoisotopic (exact) mass is 282 g/mol. The average Bonchev–Trinajstić information content (AvgIpc) is 2.65. The molecule has 0 fully saturated rings. The van der Waals surface area contributed by atoms with Crippen LogP contribution in [0.2, 0.25) is 0 Å². The molecule has 0 aliphatic heterocycles. The number of alkyl halides is 6. The molecule has 0 aliphatic rings. The van der Waals surface area contributed by atoms with E-state index in [-0.39, 0.29) is 23.3 Å². The molecule has 2 rings (SSSR count). The van der Waals surface area contributed by atoms with Crippen LogP contribution < -0.4 is 0 Å². The molecule has 19 heavy (non-hydrogen) atoms. The Kier molecular flexibility index (Phi) is 3.19. The van der Waals surface area contributed by atoms with Gasteiger partial charge in [-0.1, -0.05) is 0 Å². The van der Waals surface area contributed by atoms with E-state index in [1.807, 2.05) is 0 Å². The van der Waals surface area contributed by atoms with Gasteiger partial charge in [-0.3, -0.25) is 0 Å². The number of imidazole rings is 1. The Morgan fingerprint density at radius 2 is 1.74 bits per heavy atom. The maximum absolute atomic E-state index is 12.4. The van der Waals surface area contributed by atoms with Gasteiger partial charge in [0.25, 0.3) is 0 Å². The average molecular weight is 282 g/mol. The highest BCUT2D eigenvalue weighted by atomic mass is 19.4. The summed E-state index contributed by atoms with van der Waals surface area (Å²) in [5.74, 6) is 0.0200. The number of aromatic amines is 1. The summed E-state index contributed by atoms with van der Waals surface area (Å²) in [6, 6.07) is 2.81. The van der Waals surface area contributed by atoms with Gasteiger partial charge < -0.3 is 4.98 Å². The summed E-state index contributed by atoms with van der Waals surface area (Å²) in [5, 5.41) is 0. The van der Waals surface area contributed by atoms with Gasteiger partial charge in [-0.05, 0) is 18.2 Å². The number of nitrogens with one attached hydrogen (secondary N) is 1. The second-order valence-corrected chi connectivity index (χ2v) is 4.03. The first-order chi connectivity index (χ1) is 8.65. The molecule has 1 aromatic heterocycles. The number of fused-ring (bicyclic) bond motifs is 1. The van der Waals surface area contributed by atoms with Crippen molar-refractivity contribution in [1.82, 2.24) is 9.97 Å². The van der Waals surface area contributed by atoms with E-state index < -0.39 is 24.3 Å². The predicted octanol–water partition coefficient (Wildman–Crippen LogP) is 4.08. The lowest BCUT2D eigenvalue weighted by Gasteiger charge is -2.05. The zero-order valence-electron chi connectivity index (χ0n) is 9.36. The molecule has 0 amide bonds.